The first-order chi connectivity index (χ1) is 24.3. The molecule has 1 saturated heterocycles. The number of fused-ring (bicyclic) bond motifs is 1. The van der Waals surface area contributed by atoms with Crippen LogP contribution in [0.1, 0.15) is 58.1 Å². The van der Waals surface area contributed by atoms with Gasteiger partial charge in [0.15, 0.2) is 5.65 Å². The lowest BCUT2D eigenvalue weighted by Crippen LogP contribution is -2.49. The summed E-state index contributed by atoms with van der Waals surface area (Å²) in [5, 5.41) is 31.7. The average molecular weight is 707 g/mol. The fourth-order valence-electron chi connectivity index (χ4n) is 6.04. The molecule has 0 spiro atoms. The number of aliphatic carboxylic acids is 3. The number of nitrogens with two attached hydrogens (primary N) is 1. The number of piperazine rings is 1. The van der Waals surface area contributed by atoms with Crippen molar-refractivity contribution in [3.05, 3.63) is 60.4 Å². The summed E-state index contributed by atoms with van der Waals surface area (Å²) in [4.78, 5) is 41.1. The van der Waals surface area contributed by atoms with Crippen LogP contribution in [-0.4, -0.2) is 109 Å². The van der Waals surface area contributed by atoms with Crippen LogP contribution in [-0.2, 0) is 20.9 Å². The molecule has 2 fully saturated rings. The first-order valence-electron chi connectivity index (χ1n) is 16.8. The lowest BCUT2D eigenvalue weighted by molar-refractivity contribution is -0.135. The maximum Gasteiger partial charge on any atom is 0.300 e. The van der Waals surface area contributed by atoms with Crippen LogP contribution < -0.4 is 15.8 Å². The minimum absolute atomic E-state index is 0.322. The van der Waals surface area contributed by atoms with Crippen molar-refractivity contribution in [2.75, 3.05) is 51.4 Å². The van der Waals surface area contributed by atoms with Gasteiger partial charge in [-0.3, -0.25) is 19.3 Å². The third kappa shape index (κ3) is 12.8. The van der Waals surface area contributed by atoms with E-state index in [0.717, 1.165) is 72.9 Å². The Balaban J connectivity index is 0.000000511. The van der Waals surface area contributed by atoms with E-state index in [1.54, 1.807) is 13.4 Å². The van der Waals surface area contributed by atoms with Crippen LogP contribution in [0.4, 0.5) is 11.5 Å². The summed E-state index contributed by atoms with van der Waals surface area (Å²) >= 11 is 0. The second kappa shape index (κ2) is 19.8. The minimum Gasteiger partial charge on any atom is -0.497 e. The molecule has 1 saturated carbocycles. The highest BCUT2D eigenvalue weighted by atomic mass is 16.5. The van der Waals surface area contributed by atoms with Crippen molar-refractivity contribution in [3.63, 3.8) is 0 Å². The van der Waals surface area contributed by atoms with Gasteiger partial charge in [0, 0.05) is 70.8 Å². The van der Waals surface area contributed by atoms with Gasteiger partial charge in [-0.25, -0.2) is 14.6 Å². The number of benzene rings is 2. The van der Waals surface area contributed by atoms with E-state index in [1.807, 2.05) is 18.2 Å². The number of ether oxygens (including phenoxy) is 1. The number of hydrogen-bond donors (Lipinski definition) is 5. The molecule has 0 amide bonds. The summed E-state index contributed by atoms with van der Waals surface area (Å²) in [6.45, 7) is 8.65. The lowest BCUT2D eigenvalue weighted by atomic mass is 9.90. The Hall–Kier alpha value is -5.28. The first kappa shape index (κ1) is 40.2. The van der Waals surface area contributed by atoms with Gasteiger partial charge in [0.05, 0.1) is 18.5 Å². The molecule has 6 rings (SSSR count). The number of nitrogens with one attached hydrogen (secondary N) is 1. The molecule has 1 aliphatic heterocycles. The molecular weight excluding hydrogens is 656 g/mol. The molecule has 51 heavy (non-hydrogen) atoms. The minimum atomic E-state index is -0.833. The van der Waals surface area contributed by atoms with Gasteiger partial charge in [0.25, 0.3) is 17.9 Å². The third-order valence-corrected chi connectivity index (χ3v) is 8.37. The molecule has 6 N–H and O–H groups in total. The molecule has 2 aliphatic rings. The first-order valence-corrected chi connectivity index (χ1v) is 16.8. The number of methoxy groups -OCH3 is 1. The highest BCUT2D eigenvalue weighted by Crippen LogP contribution is 2.37. The Morgan fingerprint density at radius 3 is 2.00 bits per heavy atom. The lowest BCUT2D eigenvalue weighted by Gasteiger charge is -2.41. The normalized spacial score (nSPS) is 17.4. The van der Waals surface area contributed by atoms with Crippen molar-refractivity contribution in [2.45, 2.75) is 65.1 Å². The molecule has 15 heteroatoms. The molecule has 1 aliphatic carbocycles. The Morgan fingerprint density at radius 2 is 1.43 bits per heavy atom. The zero-order chi connectivity index (χ0) is 37.5. The molecule has 0 unspecified atom stereocenters. The Labute approximate surface area is 298 Å². The number of likely N-dealkylation sites (N-methyl/N-ethyl adjacent to an activating group) is 1. The standard InChI is InChI=1S/C30H38N8O.3C2H4O2/c1-36-14-16-37(17-15-36)24-10-12-25(13-11-24)38-30-27(29(31)33-20-34-30)28(35-38)22-6-8-23(9-7-22)32-19-21-4-3-5-26(18-21)39-2;3*1-2(3)4/h3-9,18,20,24-25,32H,10-17,19H2,1-2H3,(H2,31,33,34);3*1H3,(H,3,4)/t24-,25+;;;. The highest BCUT2D eigenvalue weighted by molar-refractivity contribution is 5.98. The Morgan fingerprint density at radius 1 is 0.863 bits per heavy atom. The van der Waals surface area contributed by atoms with E-state index in [1.165, 1.54) is 39.0 Å². The van der Waals surface area contributed by atoms with E-state index in [0.29, 0.717) is 24.4 Å². The SMILES string of the molecule is CC(=O)O.CC(=O)O.CC(=O)O.COc1cccc(CNc2ccc(-c3nn([C@H]4CC[C@@H](N5CCN(C)CC5)CC4)c4ncnc(N)c34)cc2)c1. The van der Waals surface area contributed by atoms with Crippen molar-refractivity contribution >= 4 is 40.4 Å². The van der Waals surface area contributed by atoms with E-state index < -0.39 is 17.9 Å². The Bertz CT molecular complexity index is 1670. The molecule has 3 heterocycles. The van der Waals surface area contributed by atoms with Crippen molar-refractivity contribution in [1.82, 2.24) is 29.5 Å². The topological polar surface area (TPSA) is 209 Å². The number of nitrogen functional groups attached to an aromatic ring is 1. The van der Waals surface area contributed by atoms with Crippen LogP contribution in [0.25, 0.3) is 22.3 Å². The van der Waals surface area contributed by atoms with Crippen molar-refractivity contribution in [1.29, 1.82) is 0 Å². The zero-order valence-corrected chi connectivity index (χ0v) is 30.0. The van der Waals surface area contributed by atoms with Gasteiger partial charge in [0.1, 0.15) is 23.6 Å². The van der Waals surface area contributed by atoms with Gasteiger partial charge >= 0.3 is 0 Å². The number of carbonyl (C=O) groups is 3. The molecular formula is C36H50N8O7. The summed E-state index contributed by atoms with van der Waals surface area (Å²) in [6, 6.07) is 17.4. The van der Waals surface area contributed by atoms with Gasteiger partial charge < -0.3 is 36.0 Å². The second-order valence-corrected chi connectivity index (χ2v) is 12.4. The number of rotatable bonds is 7. The van der Waals surface area contributed by atoms with E-state index in [-0.39, 0.29) is 0 Å². The number of nitrogens with zero attached hydrogens (tertiary/aromatic N) is 6. The van der Waals surface area contributed by atoms with Gasteiger partial charge in [0.2, 0.25) is 0 Å². The molecule has 2 aromatic heterocycles. The zero-order valence-electron chi connectivity index (χ0n) is 30.0. The molecule has 276 valence electrons. The van der Waals surface area contributed by atoms with Gasteiger partial charge in [-0.2, -0.15) is 5.10 Å². The highest BCUT2D eigenvalue weighted by Gasteiger charge is 2.30. The molecule has 0 atom stereocenters. The fraction of sp³-hybridized carbons (Fsp3) is 0.444. The van der Waals surface area contributed by atoms with Crippen LogP contribution in [0.15, 0.2) is 54.9 Å². The number of carboxylic acids is 3. The quantitative estimate of drug-likeness (QED) is 0.177. The monoisotopic (exact) mass is 706 g/mol. The van der Waals surface area contributed by atoms with E-state index in [9.17, 15) is 0 Å². The third-order valence-electron chi connectivity index (χ3n) is 8.37. The summed E-state index contributed by atoms with van der Waals surface area (Å²) < 4.78 is 7.46. The van der Waals surface area contributed by atoms with Gasteiger partial charge in [-0.05, 0) is 62.6 Å². The average Bonchev–Trinajstić information content (AvgIpc) is 3.48. The summed E-state index contributed by atoms with van der Waals surface area (Å²) in [7, 11) is 3.91. The summed E-state index contributed by atoms with van der Waals surface area (Å²) in [5.41, 5.74) is 11.3. The summed E-state index contributed by atoms with van der Waals surface area (Å²) in [6.07, 6.45) is 6.15. The van der Waals surface area contributed by atoms with Crippen LogP contribution >= 0.6 is 0 Å². The maximum atomic E-state index is 9.00. The van der Waals surface area contributed by atoms with Crippen LogP contribution in [0.3, 0.4) is 0 Å². The molecule has 2 aromatic carbocycles. The second-order valence-electron chi connectivity index (χ2n) is 12.4. The summed E-state index contributed by atoms with van der Waals surface area (Å²) in [5.74, 6) is -1.16. The largest absolute Gasteiger partial charge is 0.497 e. The molecule has 15 nitrogen and oxygen atoms in total. The van der Waals surface area contributed by atoms with E-state index >= 15 is 0 Å². The van der Waals surface area contributed by atoms with Gasteiger partial charge in [-0.1, -0.05) is 24.3 Å². The van der Waals surface area contributed by atoms with Crippen LogP contribution in [0.2, 0.25) is 0 Å². The number of anilines is 2. The van der Waals surface area contributed by atoms with Crippen molar-refractivity contribution < 1.29 is 34.4 Å². The number of aromatic nitrogens is 4. The number of carboxylic acid groups (broad SMARTS) is 3. The number of hydrogen-bond acceptors (Lipinski definition) is 11. The smallest absolute Gasteiger partial charge is 0.300 e. The van der Waals surface area contributed by atoms with E-state index in [4.69, 9.17) is 45.3 Å². The fourth-order valence-corrected chi connectivity index (χ4v) is 6.04. The molecule has 0 bridgehead atoms. The predicted molar refractivity (Wildman–Crippen MR) is 196 cm³/mol. The van der Waals surface area contributed by atoms with Crippen LogP contribution in [0, 0.1) is 0 Å². The Kier molecular flexibility index (Phi) is 15.6. The molecule has 4 aromatic rings. The van der Waals surface area contributed by atoms with Crippen molar-refractivity contribution in [2.24, 2.45) is 0 Å². The van der Waals surface area contributed by atoms with E-state index in [2.05, 4.69) is 67.1 Å². The predicted octanol–water partition coefficient (Wildman–Crippen LogP) is 4.70. The van der Waals surface area contributed by atoms with Crippen LogP contribution in [0.5, 0.6) is 5.75 Å². The van der Waals surface area contributed by atoms with Crippen molar-refractivity contribution in [3.8, 4) is 17.0 Å². The molecule has 0 radical (unpaired) electrons. The maximum absolute atomic E-state index is 9.00. The van der Waals surface area contributed by atoms with Gasteiger partial charge in [-0.15, -0.1) is 0 Å².